The van der Waals surface area contributed by atoms with Crippen LogP contribution in [0.4, 0.5) is 0 Å². The number of aromatic nitrogens is 2. The molecule has 5 nitrogen and oxygen atoms in total. The molecule has 0 atom stereocenters. The third kappa shape index (κ3) is 2.82. The maximum Gasteiger partial charge on any atom is 0.494 e. The molecular formula is C25H23BN2O3. The standard InChI is InChI=1S/C25H23BN2O3/c1-24(2)25(3,4)31-26(30-24)16-10-11-19-17(12-16)18-13-22-21(14-20(18)27-19)28-23(29-22)15-8-6-5-7-9-15/h5-14,27H,1-4H3. The van der Waals surface area contributed by atoms with E-state index in [1.807, 2.05) is 30.3 Å². The Morgan fingerprint density at radius 1 is 0.806 bits per heavy atom. The fourth-order valence-electron chi connectivity index (χ4n) is 4.17. The van der Waals surface area contributed by atoms with Crippen LogP contribution in [0.5, 0.6) is 0 Å². The van der Waals surface area contributed by atoms with Crippen LogP contribution in [0.2, 0.25) is 0 Å². The molecule has 3 aromatic carbocycles. The van der Waals surface area contributed by atoms with Crippen molar-refractivity contribution in [2.45, 2.75) is 38.9 Å². The van der Waals surface area contributed by atoms with E-state index < -0.39 is 7.12 Å². The highest BCUT2D eigenvalue weighted by molar-refractivity contribution is 6.62. The summed E-state index contributed by atoms with van der Waals surface area (Å²) in [6.45, 7) is 8.29. The van der Waals surface area contributed by atoms with Crippen LogP contribution in [0.25, 0.3) is 44.4 Å². The molecule has 1 aliphatic rings. The van der Waals surface area contributed by atoms with Crippen LogP contribution in [-0.2, 0) is 9.31 Å². The van der Waals surface area contributed by atoms with Gasteiger partial charge in [0.1, 0.15) is 5.52 Å². The summed E-state index contributed by atoms with van der Waals surface area (Å²) in [5, 5.41) is 2.21. The molecule has 31 heavy (non-hydrogen) atoms. The van der Waals surface area contributed by atoms with Gasteiger partial charge in [-0.1, -0.05) is 30.3 Å². The van der Waals surface area contributed by atoms with Gasteiger partial charge in [-0.25, -0.2) is 4.98 Å². The predicted octanol–water partition coefficient (Wildman–Crippen LogP) is 5.43. The van der Waals surface area contributed by atoms with Crippen molar-refractivity contribution in [3.05, 3.63) is 60.7 Å². The normalized spacial score (nSPS) is 17.9. The Hall–Kier alpha value is -3.09. The van der Waals surface area contributed by atoms with Crippen LogP contribution >= 0.6 is 0 Å². The van der Waals surface area contributed by atoms with Gasteiger partial charge in [-0.3, -0.25) is 0 Å². The molecule has 154 valence electrons. The van der Waals surface area contributed by atoms with E-state index in [-0.39, 0.29) is 11.2 Å². The van der Waals surface area contributed by atoms with E-state index in [2.05, 4.69) is 68.0 Å². The van der Waals surface area contributed by atoms with E-state index in [0.717, 1.165) is 43.9 Å². The molecule has 6 heteroatoms. The Kier molecular flexibility index (Phi) is 3.74. The van der Waals surface area contributed by atoms with Crippen molar-refractivity contribution >= 4 is 45.5 Å². The number of rotatable bonds is 2. The maximum atomic E-state index is 6.25. The molecule has 1 fully saturated rings. The van der Waals surface area contributed by atoms with Crippen molar-refractivity contribution in [3.63, 3.8) is 0 Å². The summed E-state index contributed by atoms with van der Waals surface area (Å²) in [5.74, 6) is 0.630. The Morgan fingerprint density at radius 2 is 1.52 bits per heavy atom. The zero-order valence-electron chi connectivity index (χ0n) is 18.0. The largest absolute Gasteiger partial charge is 0.494 e. The molecule has 0 aliphatic carbocycles. The van der Waals surface area contributed by atoms with Gasteiger partial charge in [0.25, 0.3) is 0 Å². The van der Waals surface area contributed by atoms with Gasteiger partial charge in [-0.2, -0.15) is 0 Å². The first-order valence-electron chi connectivity index (χ1n) is 10.6. The second-order valence-corrected chi connectivity index (χ2v) is 9.27. The van der Waals surface area contributed by atoms with E-state index in [9.17, 15) is 0 Å². The highest BCUT2D eigenvalue weighted by atomic mass is 16.7. The number of benzene rings is 3. The second-order valence-electron chi connectivity index (χ2n) is 9.27. The van der Waals surface area contributed by atoms with Crippen molar-refractivity contribution < 1.29 is 13.7 Å². The Labute approximate surface area is 180 Å². The van der Waals surface area contributed by atoms with Gasteiger partial charge in [0, 0.05) is 27.4 Å². The molecular weight excluding hydrogens is 387 g/mol. The first-order valence-corrected chi connectivity index (χ1v) is 10.6. The average Bonchev–Trinajstić information content (AvgIpc) is 3.37. The summed E-state index contributed by atoms with van der Waals surface area (Å²) in [4.78, 5) is 8.20. The minimum Gasteiger partial charge on any atom is -0.436 e. The van der Waals surface area contributed by atoms with Gasteiger partial charge in [0.15, 0.2) is 5.58 Å². The fourth-order valence-corrected chi connectivity index (χ4v) is 4.17. The Morgan fingerprint density at radius 3 is 2.26 bits per heavy atom. The maximum absolute atomic E-state index is 6.25. The lowest BCUT2D eigenvalue weighted by Crippen LogP contribution is -2.41. The molecule has 1 saturated heterocycles. The molecule has 0 amide bonds. The number of hydrogen-bond acceptors (Lipinski definition) is 4. The summed E-state index contributed by atoms with van der Waals surface area (Å²) in [5.41, 5.74) is 4.94. The average molecular weight is 410 g/mol. The van der Waals surface area contributed by atoms with Gasteiger partial charge in [-0.15, -0.1) is 0 Å². The lowest BCUT2D eigenvalue weighted by Gasteiger charge is -2.32. The molecule has 3 heterocycles. The van der Waals surface area contributed by atoms with E-state index >= 15 is 0 Å². The molecule has 6 rings (SSSR count). The van der Waals surface area contributed by atoms with E-state index in [4.69, 9.17) is 13.7 Å². The van der Waals surface area contributed by atoms with Gasteiger partial charge in [0.2, 0.25) is 5.89 Å². The molecule has 0 bridgehead atoms. The fraction of sp³-hybridized carbons (Fsp3) is 0.240. The zero-order chi connectivity index (χ0) is 21.4. The van der Waals surface area contributed by atoms with Crippen LogP contribution < -0.4 is 5.46 Å². The van der Waals surface area contributed by atoms with E-state index in [1.165, 1.54) is 0 Å². The van der Waals surface area contributed by atoms with Crippen molar-refractivity contribution in [2.75, 3.05) is 0 Å². The summed E-state index contributed by atoms with van der Waals surface area (Å²) >= 11 is 0. The molecule has 5 aromatic rings. The topological polar surface area (TPSA) is 60.3 Å². The molecule has 0 radical (unpaired) electrons. The van der Waals surface area contributed by atoms with Crippen LogP contribution in [0, 0.1) is 0 Å². The molecule has 1 N–H and O–H groups in total. The van der Waals surface area contributed by atoms with E-state index in [1.54, 1.807) is 0 Å². The van der Waals surface area contributed by atoms with Gasteiger partial charge in [0.05, 0.1) is 11.2 Å². The Balaban J connectivity index is 1.47. The highest BCUT2D eigenvalue weighted by Crippen LogP contribution is 2.37. The van der Waals surface area contributed by atoms with Crippen LogP contribution in [0.15, 0.2) is 65.1 Å². The minimum atomic E-state index is -0.391. The monoisotopic (exact) mass is 410 g/mol. The summed E-state index contributed by atoms with van der Waals surface area (Å²) in [6.07, 6.45) is 0. The van der Waals surface area contributed by atoms with Crippen LogP contribution in [-0.4, -0.2) is 28.3 Å². The summed E-state index contributed by atoms with van der Waals surface area (Å²) in [7, 11) is -0.391. The molecule has 1 aliphatic heterocycles. The summed E-state index contributed by atoms with van der Waals surface area (Å²) in [6, 6.07) is 20.4. The third-order valence-electron chi connectivity index (χ3n) is 6.68. The first-order chi connectivity index (χ1) is 14.8. The van der Waals surface area contributed by atoms with Crippen molar-refractivity contribution in [3.8, 4) is 11.5 Å². The van der Waals surface area contributed by atoms with Gasteiger partial charge in [-0.05, 0) is 63.5 Å². The number of hydrogen-bond donors (Lipinski definition) is 1. The number of nitrogens with zero attached hydrogens (tertiary/aromatic N) is 1. The molecule has 0 saturated carbocycles. The molecule has 0 unspecified atom stereocenters. The minimum absolute atomic E-state index is 0.368. The quantitative estimate of drug-likeness (QED) is 0.395. The number of oxazole rings is 1. The SMILES string of the molecule is CC1(C)OB(c2ccc3[nH]c4cc5nc(-c6ccccc6)oc5cc4c3c2)OC1(C)C. The third-order valence-corrected chi connectivity index (χ3v) is 6.68. The second kappa shape index (κ2) is 6.22. The van der Waals surface area contributed by atoms with Crippen molar-refractivity contribution in [1.29, 1.82) is 0 Å². The van der Waals surface area contributed by atoms with E-state index in [0.29, 0.717) is 5.89 Å². The van der Waals surface area contributed by atoms with Crippen LogP contribution in [0.3, 0.4) is 0 Å². The summed E-state index contributed by atoms with van der Waals surface area (Å²) < 4.78 is 18.6. The zero-order valence-corrected chi connectivity index (χ0v) is 18.0. The molecule has 2 aromatic heterocycles. The van der Waals surface area contributed by atoms with Gasteiger partial charge >= 0.3 is 7.12 Å². The predicted molar refractivity (Wildman–Crippen MR) is 125 cm³/mol. The van der Waals surface area contributed by atoms with Crippen molar-refractivity contribution in [2.24, 2.45) is 0 Å². The number of fused-ring (bicyclic) bond motifs is 4. The smallest absolute Gasteiger partial charge is 0.436 e. The Bertz CT molecular complexity index is 1430. The highest BCUT2D eigenvalue weighted by Gasteiger charge is 2.51. The van der Waals surface area contributed by atoms with Crippen molar-refractivity contribution in [1.82, 2.24) is 9.97 Å². The lowest BCUT2D eigenvalue weighted by molar-refractivity contribution is 0.00578. The lowest BCUT2D eigenvalue weighted by atomic mass is 9.78. The first kappa shape index (κ1) is 18.7. The molecule has 0 spiro atoms. The van der Waals surface area contributed by atoms with Crippen LogP contribution in [0.1, 0.15) is 27.7 Å². The van der Waals surface area contributed by atoms with Gasteiger partial charge < -0.3 is 18.7 Å². The number of nitrogens with one attached hydrogen (secondary N) is 1. The number of H-pyrrole nitrogens is 1. The number of aromatic amines is 1.